The quantitative estimate of drug-likeness (QED) is 0.844. The van der Waals surface area contributed by atoms with Gasteiger partial charge >= 0.3 is 0 Å². The van der Waals surface area contributed by atoms with Crippen LogP contribution < -0.4 is 5.32 Å². The molecule has 18 heavy (non-hydrogen) atoms. The van der Waals surface area contributed by atoms with E-state index in [0.717, 1.165) is 37.3 Å². The highest BCUT2D eigenvalue weighted by atomic mass is 32.2. The van der Waals surface area contributed by atoms with E-state index in [2.05, 4.69) is 15.3 Å². The summed E-state index contributed by atoms with van der Waals surface area (Å²) in [4.78, 5) is 7.73. The van der Waals surface area contributed by atoms with Crippen LogP contribution in [0.2, 0.25) is 0 Å². The number of sulfone groups is 1. The maximum Gasteiger partial charge on any atom is 0.150 e. The molecular weight excluding hydrogens is 250 g/mol. The summed E-state index contributed by atoms with van der Waals surface area (Å²) >= 11 is 0. The van der Waals surface area contributed by atoms with Crippen molar-refractivity contribution in [2.45, 2.75) is 37.6 Å². The fraction of sp³-hybridized carbons (Fsp3) is 0.750. The number of aromatic nitrogens is 2. The third kappa shape index (κ3) is 2.44. The largest absolute Gasteiger partial charge is 0.344 e. The molecule has 0 spiro atoms. The minimum Gasteiger partial charge on any atom is -0.344 e. The average Bonchev–Trinajstić information content (AvgIpc) is 2.99. The predicted octanol–water partition coefficient (Wildman–Crippen LogP) is 1.13. The van der Waals surface area contributed by atoms with Gasteiger partial charge in [0.05, 0.1) is 17.5 Å². The Labute approximate surface area is 107 Å². The van der Waals surface area contributed by atoms with Gasteiger partial charge in [-0.25, -0.2) is 13.4 Å². The summed E-state index contributed by atoms with van der Waals surface area (Å²) in [6.07, 6.45) is 5.82. The number of imidazole rings is 1. The van der Waals surface area contributed by atoms with E-state index in [1.807, 2.05) is 6.20 Å². The SMILES string of the molecule is O=S1(=O)CCCC(c2cnc(C3CCCN3)[nH]2)C1. The molecule has 2 N–H and O–H groups in total. The summed E-state index contributed by atoms with van der Waals surface area (Å²) in [5.74, 6) is 1.68. The standard InChI is InChI=1S/C12H19N3O2S/c16-18(17)6-2-3-9(8-18)11-7-14-12(15-11)10-4-1-5-13-10/h7,9-10,13H,1-6,8H2,(H,14,15). The Morgan fingerprint density at radius 1 is 1.28 bits per heavy atom. The van der Waals surface area contributed by atoms with Gasteiger partial charge in [-0.2, -0.15) is 0 Å². The molecule has 0 bridgehead atoms. The Bertz CT molecular complexity index is 517. The number of nitrogens with zero attached hydrogens (tertiary/aromatic N) is 1. The Kier molecular flexibility index (Phi) is 3.15. The first kappa shape index (κ1) is 12.2. The van der Waals surface area contributed by atoms with Crippen molar-refractivity contribution in [3.63, 3.8) is 0 Å². The number of H-pyrrole nitrogens is 1. The van der Waals surface area contributed by atoms with Gasteiger partial charge in [-0.15, -0.1) is 0 Å². The van der Waals surface area contributed by atoms with E-state index in [0.29, 0.717) is 11.8 Å². The van der Waals surface area contributed by atoms with Crippen LogP contribution in [0.5, 0.6) is 0 Å². The maximum absolute atomic E-state index is 11.7. The van der Waals surface area contributed by atoms with Gasteiger partial charge in [0.1, 0.15) is 5.82 Å². The average molecular weight is 269 g/mol. The second-order valence-corrected chi connectivity index (χ2v) is 7.55. The minimum absolute atomic E-state index is 0.103. The molecule has 0 aliphatic carbocycles. The normalized spacial score (nSPS) is 31.6. The molecule has 2 aliphatic rings. The third-order valence-corrected chi connectivity index (χ3v) is 5.73. The van der Waals surface area contributed by atoms with Gasteiger partial charge < -0.3 is 10.3 Å². The van der Waals surface area contributed by atoms with Gasteiger partial charge in [-0.3, -0.25) is 0 Å². The van der Waals surface area contributed by atoms with Crippen LogP contribution in [0, 0.1) is 0 Å². The van der Waals surface area contributed by atoms with Gasteiger partial charge in [0.2, 0.25) is 0 Å². The van der Waals surface area contributed by atoms with Crippen molar-refractivity contribution in [2.24, 2.45) is 0 Å². The molecule has 2 unspecified atom stereocenters. The molecule has 5 nitrogen and oxygen atoms in total. The Morgan fingerprint density at radius 2 is 2.17 bits per heavy atom. The number of aromatic amines is 1. The molecular formula is C12H19N3O2S. The van der Waals surface area contributed by atoms with Crippen LogP contribution in [0.3, 0.4) is 0 Å². The van der Waals surface area contributed by atoms with Gasteiger partial charge in [0.15, 0.2) is 9.84 Å². The van der Waals surface area contributed by atoms with E-state index in [-0.39, 0.29) is 11.7 Å². The molecule has 6 heteroatoms. The highest BCUT2D eigenvalue weighted by Crippen LogP contribution is 2.28. The number of hydrogen-bond acceptors (Lipinski definition) is 4. The van der Waals surface area contributed by atoms with E-state index in [1.54, 1.807) is 0 Å². The molecule has 100 valence electrons. The zero-order valence-corrected chi connectivity index (χ0v) is 11.2. The van der Waals surface area contributed by atoms with Crippen molar-refractivity contribution in [2.75, 3.05) is 18.1 Å². The van der Waals surface area contributed by atoms with E-state index >= 15 is 0 Å². The van der Waals surface area contributed by atoms with E-state index in [4.69, 9.17) is 0 Å². The smallest absolute Gasteiger partial charge is 0.150 e. The molecule has 2 fully saturated rings. The summed E-state index contributed by atoms with van der Waals surface area (Å²) in [5.41, 5.74) is 0.988. The second-order valence-electron chi connectivity index (χ2n) is 5.33. The zero-order valence-electron chi connectivity index (χ0n) is 10.4. The lowest BCUT2D eigenvalue weighted by atomic mass is 10.0. The molecule has 2 aliphatic heterocycles. The molecule has 1 aromatic rings. The van der Waals surface area contributed by atoms with Crippen molar-refractivity contribution in [1.29, 1.82) is 0 Å². The Morgan fingerprint density at radius 3 is 2.89 bits per heavy atom. The molecule has 2 atom stereocenters. The topological polar surface area (TPSA) is 74.8 Å². The number of nitrogens with one attached hydrogen (secondary N) is 2. The summed E-state index contributed by atoms with van der Waals surface area (Å²) in [6, 6.07) is 0.318. The minimum atomic E-state index is -2.85. The predicted molar refractivity (Wildman–Crippen MR) is 69.2 cm³/mol. The molecule has 3 heterocycles. The first-order valence-electron chi connectivity index (χ1n) is 6.63. The summed E-state index contributed by atoms with van der Waals surface area (Å²) in [7, 11) is -2.85. The van der Waals surface area contributed by atoms with Crippen LogP contribution in [-0.2, 0) is 9.84 Å². The summed E-state index contributed by atoms with van der Waals surface area (Å²) in [6.45, 7) is 1.04. The monoisotopic (exact) mass is 269 g/mol. The van der Waals surface area contributed by atoms with E-state index in [9.17, 15) is 8.42 Å². The van der Waals surface area contributed by atoms with E-state index < -0.39 is 9.84 Å². The van der Waals surface area contributed by atoms with Gasteiger partial charge in [-0.05, 0) is 32.2 Å². The maximum atomic E-state index is 11.7. The van der Waals surface area contributed by atoms with Crippen LogP contribution in [0.15, 0.2) is 6.20 Å². The first-order chi connectivity index (χ1) is 8.64. The lowest BCUT2D eigenvalue weighted by molar-refractivity contribution is 0.548. The molecule has 3 rings (SSSR count). The molecule has 1 aromatic heterocycles. The lowest BCUT2D eigenvalue weighted by Gasteiger charge is -2.20. The van der Waals surface area contributed by atoms with Crippen molar-refractivity contribution < 1.29 is 8.42 Å². The second kappa shape index (κ2) is 4.66. The zero-order chi connectivity index (χ0) is 12.6. The number of rotatable bonds is 2. The number of hydrogen-bond donors (Lipinski definition) is 2. The first-order valence-corrected chi connectivity index (χ1v) is 8.45. The lowest BCUT2D eigenvalue weighted by Crippen LogP contribution is -2.24. The fourth-order valence-corrected chi connectivity index (χ4v) is 4.65. The molecule has 0 radical (unpaired) electrons. The van der Waals surface area contributed by atoms with E-state index in [1.165, 1.54) is 6.42 Å². The van der Waals surface area contributed by atoms with Crippen LogP contribution in [0.4, 0.5) is 0 Å². The van der Waals surface area contributed by atoms with Crippen LogP contribution in [-0.4, -0.2) is 36.4 Å². The molecule has 2 saturated heterocycles. The fourth-order valence-electron chi connectivity index (χ4n) is 2.92. The molecule has 0 saturated carbocycles. The van der Waals surface area contributed by atoms with Crippen LogP contribution in [0.25, 0.3) is 0 Å². The highest BCUT2D eigenvalue weighted by molar-refractivity contribution is 7.91. The van der Waals surface area contributed by atoms with Crippen molar-refractivity contribution in [3.05, 3.63) is 17.7 Å². The Balaban J connectivity index is 1.76. The van der Waals surface area contributed by atoms with Gasteiger partial charge in [-0.1, -0.05) is 0 Å². The molecule has 0 aromatic carbocycles. The van der Waals surface area contributed by atoms with Crippen LogP contribution in [0.1, 0.15) is 49.2 Å². The Hall–Kier alpha value is -0.880. The van der Waals surface area contributed by atoms with Crippen molar-refractivity contribution in [3.8, 4) is 0 Å². The summed E-state index contributed by atoms with van der Waals surface area (Å²) in [5, 5.41) is 3.39. The van der Waals surface area contributed by atoms with Crippen molar-refractivity contribution in [1.82, 2.24) is 15.3 Å². The van der Waals surface area contributed by atoms with Gasteiger partial charge in [0, 0.05) is 17.8 Å². The molecule has 0 amide bonds. The van der Waals surface area contributed by atoms with Crippen molar-refractivity contribution >= 4 is 9.84 Å². The highest BCUT2D eigenvalue weighted by Gasteiger charge is 2.28. The third-order valence-electron chi connectivity index (χ3n) is 3.91. The van der Waals surface area contributed by atoms with Gasteiger partial charge in [0.25, 0.3) is 0 Å². The summed E-state index contributed by atoms with van der Waals surface area (Å²) < 4.78 is 23.3. The van der Waals surface area contributed by atoms with Crippen LogP contribution >= 0.6 is 0 Å².